The number of amides is 3. The molecule has 0 bridgehead atoms. The summed E-state index contributed by atoms with van der Waals surface area (Å²) in [4.78, 5) is 27.6. The standard InChI is InChI=1S/C20H23ClN4O2/c1-24-13-19(26)25(2)12-18(24)15-5-9-17(10-6-15)23-20(27)22-11-14-3-7-16(21)8-4-14/h3-10,18H,11-13H2,1-2H3,(H2,22,23,27)/t18-/m1/s1. The van der Waals surface area contributed by atoms with Crippen LogP contribution in [-0.4, -0.2) is 48.9 Å². The van der Waals surface area contributed by atoms with E-state index in [0.29, 0.717) is 24.7 Å². The second-order valence-corrected chi connectivity index (χ2v) is 7.20. The molecule has 2 aromatic carbocycles. The predicted octanol–water partition coefficient (Wildman–Crippen LogP) is 3.11. The van der Waals surface area contributed by atoms with Crippen LogP contribution in [0.25, 0.3) is 0 Å². The number of rotatable bonds is 4. The number of halogens is 1. The van der Waals surface area contributed by atoms with Crippen molar-refractivity contribution in [2.24, 2.45) is 0 Å². The van der Waals surface area contributed by atoms with Crippen LogP contribution in [-0.2, 0) is 11.3 Å². The molecule has 6 nitrogen and oxygen atoms in total. The number of nitrogens with zero attached hydrogens (tertiary/aromatic N) is 2. The van der Waals surface area contributed by atoms with E-state index < -0.39 is 0 Å². The van der Waals surface area contributed by atoms with Gasteiger partial charge in [-0.15, -0.1) is 0 Å². The van der Waals surface area contributed by atoms with Crippen LogP contribution in [0, 0.1) is 0 Å². The molecule has 1 aliphatic rings. The number of hydrogen-bond acceptors (Lipinski definition) is 3. The van der Waals surface area contributed by atoms with Gasteiger partial charge in [-0.3, -0.25) is 9.69 Å². The monoisotopic (exact) mass is 386 g/mol. The minimum Gasteiger partial charge on any atom is -0.343 e. The van der Waals surface area contributed by atoms with Gasteiger partial charge < -0.3 is 15.5 Å². The number of benzene rings is 2. The fourth-order valence-electron chi connectivity index (χ4n) is 3.05. The number of carbonyl (C=O) groups is 2. The van der Waals surface area contributed by atoms with Crippen LogP contribution < -0.4 is 10.6 Å². The number of urea groups is 1. The number of anilines is 1. The lowest BCUT2D eigenvalue weighted by molar-refractivity contribution is -0.136. The number of carbonyl (C=O) groups excluding carboxylic acids is 2. The predicted molar refractivity (Wildman–Crippen MR) is 107 cm³/mol. The summed E-state index contributed by atoms with van der Waals surface area (Å²) in [5.41, 5.74) is 2.81. The lowest BCUT2D eigenvalue weighted by Crippen LogP contribution is -2.48. The van der Waals surface area contributed by atoms with Gasteiger partial charge in [0, 0.05) is 30.8 Å². The van der Waals surface area contributed by atoms with Crippen molar-refractivity contribution < 1.29 is 9.59 Å². The normalized spacial score (nSPS) is 17.7. The van der Waals surface area contributed by atoms with Gasteiger partial charge in [0.15, 0.2) is 0 Å². The Kier molecular flexibility index (Phi) is 5.98. The summed E-state index contributed by atoms with van der Waals surface area (Å²) in [6.45, 7) is 1.49. The molecule has 3 rings (SSSR count). The zero-order chi connectivity index (χ0) is 19.4. The molecule has 0 aromatic heterocycles. The quantitative estimate of drug-likeness (QED) is 0.848. The third-order valence-corrected chi connectivity index (χ3v) is 4.96. The highest BCUT2D eigenvalue weighted by molar-refractivity contribution is 6.30. The SMILES string of the molecule is CN1C[C@H](c2ccc(NC(=O)NCc3ccc(Cl)cc3)cc2)N(C)CC1=O. The van der Waals surface area contributed by atoms with Gasteiger partial charge in [0.1, 0.15) is 0 Å². The maximum Gasteiger partial charge on any atom is 0.319 e. The maximum atomic E-state index is 12.1. The fraction of sp³-hybridized carbons (Fsp3) is 0.300. The van der Waals surface area contributed by atoms with E-state index in [1.54, 1.807) is 17.0 Å². The molecule has 1 saturated heterocycles. The van der Waals surface area contributed by atoms with E-state index in [-0.39, 0.29) is 18.0 Å². The minimum atomic E-state index is -0.266. The highest BCUT2D eigenvalue weighted by Crippen LogP contribution is 2.25. The van der Waals surface area contributed by atoms with Crippen LogP contribution in [0.4, 0.5) is 10.5 Å². The van der Waals surface area contributed by atoms with Crippen molar-refractivity contribution in [1.82, 2.24) is 15.1 Å². The highest BCUT2D eigenvalue weighted by Gasteiger charge is 2.28. The topological polar surface area (TPSA) is 64.7 Å². The Morgan fingerprint density at radius 2 is 1.78 bits per heavy atom. The van der Waals surface area contributed by atoms with E-state index in [4.69, 9.17) is 11.6 Å². The fourth-order valence-corrected chi connectivity index (χ4v) is 3.18. The Morgan fingerprint density at radius 3 is 2.44 bits per heavy atom. The van der Waals surface area contributed by atoms with E-state index in [1.807, 2.05) is 55.4 Å². The van der Waals surface area contributed by atoms with Gasteiger partial charge in [0.2, 0.25) is 5.91 Å². The molecule has 0 aliphatic carbocycles. The summed E-state index contributed by atoms with van der Waals surface area (Å²) in [6, 6.07) is 14.9. The molecular formula is C20H23ClN4O2. The van der Waals surface area contributed by atoms with Crippen LogP contribution in [0.2, 0.25) is 5.02 Å². The van der Waals surface area contributed by atoms with Gasteiger partial charge >= 0.3 is 6.03 Å². The minimum absolute atomic E-state index is 0.129. The van der Waals surface area contributed by atoms with Gasteiger partial charge in [-0.05, 0) is 42.4 Å². The second-order valence-electron chi connectivity index (χ2n) is 6.76. The van der Waals surface area contributed by atoms with Crippen LogP contribution in [0.3, 0.4) is 0 Å². The number of likely N-dealkylation sites (N-methyl/N-ethyl adjacent to an activating group) is 2. The molecule has 1 atom stereocenters. The van der Waals surface area contributed by atoms with Crippen LogP contribution in [0.5, 0.6) is 0 Å². The third kappa shape index (κ3) is 4.99. The van der Waals surface area contributed by atoms with Gasteiger partial charge in [-0.1, -0.05) is 35.9 Å². The molecule has 0 radical (unpaired) electrons. The van der Waals surface area contributed by atoms with Gasteiger partial charge in [-0.25, -0.2) is 4.79 Å². The van der Waals surface area contributed by atoms with Crippen molar-refractivity contribution in [1.29, 1.82) is 0 Å². The van der Waals surface area contributed by atoms with Crippen molar-refractivity contribution in [2.45, 2.75) is 12.6 Å². The van der Waals surface area contributed by atoms with Crippen molar-refractivity contribution in [3.05, 3.63) is 64.7 Å². The van der Waals surface area contributed by atoms with Crippen molar-refractivity contribution in [2.75, 3.05) is 32.5 Å². The smallest absolute Gasteiger partial charge is 0.319 e. The molecule has 0 unspecified atom stereocenters. The van der Waals surface area contributed by atoms with Gasteiger partial charge in [0.05, 0.1) is 12.6 Å². The van der Waals surface area contributed by atoms with Crippen LogP contribution in [0.1, 0.15) is 17.2 Å². The zero-order valence-corrected chi connectivity index (χ0v) is 16.2. The van der Waals surface area contributed by atoms with Crippen molar-refractivity contribution in [3.63, 3.8) is 0 Å². The van der Waals surface area contributed by atoms with E-state index in [2.05, 4.69) is 10.6 Å². The maximum absolute atomic E-state index is 12.1. The van der Waals surface area contributed by atoms with E-state index in [0.717, 1.165) is 16.8 Å². The Labute approximate surface area is 164 Å². The molecule has 0 saturated carbocycles. The van der Waals surface area contributed by atoms with E-state index >= 15 is 0 Å². The zero-order valence-electron chi connectivity index (χ0n) is 15.4. The Bertz CT molecular complexity index is 808. The lowest BCUT2D eigenvalue weighted by atomic mass is 10.0. The van der Waals surface area contributed by atoms with Gasteiger partial charge in [-0.2, -0.15) is 0 Å². The van der Waals surface area contributed by atoms with Gasteiger partial charge in [0.25, 0.3) is 0 Å². The summed E-state index contributed by atoms with van der Waals surface area (Å²) in [6.07, 6.45) is 0. The van der Waals surface area contributed by atoms with E-state index in [9.17, 15) is 9.59 Å². The molecule has 7 heteroatoms. The molecule has 1 heterocycles. The summed E-state index contributed by atoms with van der Waals surface area (Å²) in [5.74, 6) is 0.129. The number of piperazine rings is 1. The molecule has 3 amide bonds. The first-order valence-corrected chi connectivity index (χ1v) is 9.13. The molecule has 1 aliphatic heterocycles. The van der Waals surface area contributed by atoms with Crippen molar-refractivity contribution >= 4 is 29.2 Å². The first kappa shape index (κ1) is 19.2. The summed E-state index contributed by atoms with van der Waals surface area (Å²) >= 11 is 5.85. The summed E-state index contributed by atoms with van der Waals surface area (Å²) in [7, 11) is 3.77. The lowest BCUT2D eigenvalue weighted by Gasteiger charge is -2.37. The summed E-state index contributed by atoms with van der Waals surface area (Å²) < 4.78 is 0. The molecule has 1 fully saturated rings. The molecule has 142 valence electrons. The molecule has 2 aromatic rings. The molecule has 27 heavy (non-hydrogen) atoms. The average molecular weight is 387 g/mol. The number of hydrogen-bond donors (Lipinski definition) is 2. The Morgan fingerprint density at radius 1 is 1.11 bits per heavy atom. The van der Waals surface area contributed by atoms with Crippen LogP contribution >= 0.6 is 11.6 Å². The largest absolute Gasteiger partial charge is 0.343 e. The summed E-state index contributed by atoms with van der Waals surface area (Å²) in [5, 5.41) is 6.31. The molecular weight excluding hydrogens is 364 g/mol. The third-order valence-electron chi connectivity index (χ3n) is 4.71. The Balaban J connectivity index is 1.54. The highest BCUT2D eigenvalue weighted by atomic mass is 35.5. The molecule has 2 N–H and O–H groups in total. The average Bonchev–Trinajstić information content (AvgIpc) is 2.65. The first-order chi connectivity index (χ1) is 12.9. The molecule has 0 spiro atoms. The number of nitrogens with one attached hydrogen (secondary N) is 2. The van der Waals surface area contributed by atoms with Crippen LogP contribution in [0.15, 0.2) is 48.5 Å². The second kappa shape index (κ2) is 8.41. The van der Waals surface area contributed by atoms with E-state index in [1.165, 1.54) is 0 Å². The van der Waals surface area contributed by atoms with Crippen molar-refractivity contribution in [3.8, 4) is 0 Å². The Hall–Kier alpha value is -2.57. The first-order valence-electron chi connectivity index (χ1n) is 8.76.